The molecule has 0 aliphatic carbocycles. The maximum Gasteiger partial charge on any atom is 0.159 e. The highest BCUT2D eigenvalue weighted by atomic mass is 19.2. The molecule has 2 aromatic carbocycles. The van der Waals surface area contributed by atoms with Gasteiger partial charge in [-0.3, -0.25) is 4.79 Å². The molecule has 2 rings (SSSR count). The molecule has 0 radical (unpaired) electrons. The molecule has 0 N–H and O–H groups in total. The van der Waals surface area contributed by atoms with Crippen molar-refractivity contribution in [3.8, 4) is 0 Å². The Morgan fingerprint density at radius 2 is 1.47 bits per heavy atom. The van der Waals surface area contributed by atoms with E-state index in [1.165, 1.54) is 6.07 Å². The first-order chi connectivity index (χ1) is 9.04. The first-order valence-corrected chi connectivity index (χ1v) is 6.06. The zero-order chi connectivity index (χ0) is 13.8. The minimum atomic E-state index is -0.916. The van der Waals surface area contributed by atoms with Crippen LogP contribution in [0.5, 0.6) is 0 Å². The van der Waals surface area contributed by atoms with E-state index in [9.17, 15) is 13.6 Å². The van der Waals surface area contributed by atoms with Gasteiger partial charge in [0.05, 0.1) is 0 Å². The van der Waals surface area contributed by atoms with Gasteiger partial charge in [-0.05, 0) is 30.2 Å². The summed E-state index contributed by atoms with van der Waals surface area (Å²) in [5, 5.41) is 0. The molecule has 0 spiro atoms. The fourth-order valence-corrected chi connectivity index (χ4v) is 1.87. The Labute approximate surface area is 110 Å². The van der Waals surface area contributed by atoms with Gasteiger partial charge in [0.25, 0.3) is 0 Å². The first kappa shape index (κ1) is 13.4. The van der Waals surface area contributed by atoms with E-state index >= 15 is 0 Å². The highest BCUT2D eigenvalue weighted by Gasteiger charge is 2.08. The smallest absolute Gasteiger partial charge is 0.159 e. The zero-order valence-corrected chi connectivity index (χ0v) is 10.6. The Kier molecular flexibility index (Phi) is 4.05. The topological polar surface area (TPSA) is 17.1 Å². The van der Waals surface area contributed by atoms with Crippen LogP contribution in [0.25, 0.3) is 0 Å². The predicted octanol–water partition coefficient (Wildman–Crippen LogP) is 3.63. The quantitative estimate of drug-likeness (QED) is 0.820. The zero-order valence-electron chi connectivity index (χ0n) is 10.6. The second-order valence-corrected chi connectivity index (χ2v) is 4.63. The lowest BCUT2D eigenvalue weighted by Gasteiger charge is -2.03. The van der Waals surface area contributed by atoms with Crippen molar-refractivity contribution in [1.82, 2.24) is 0 Å². The molecule has 2 aromatic rings. The molecule has 0 unspecified atom stereocenters. The SMILES string of the molecule is Cc1ccc(CC(=O)Cc2ccc(F)c(F)c2)cc1. The van der Waals surface area contributed by atoms with Crippen molar-refractivity contribution in [1.29, 1.82) is 0 Å². The molecular weight excluding hydrogens is 246 g/mol. The standard InChI is InChI=1S/C16H14F2O/c1-11-2-4-12(5-3-11)8-14(19)9-13-6-7-15(17)16(18)10-13/h2-7,10H,8-9H2,1H3. The van der Waals surface area contributed by atoms with E-state index in [0.29, 0.717) is 12.0 Å². The van der Waals surface area contributed by atoms with Crippen molar-refractivity contribution < 1.29 is 13.6 Å². The summed E-state index contributed by atoms with van der Waals surface area (Å²) < 4.78 is 25.8. The van der Waals surface area contributed by atoms with Crippen LogP contribution in [0.2, 0.25) is 0 Å². The number of aryl methyl sites for hydroxylation is 1. The van der Waals surface area contributed by atoms with Crippen LogP contribution in [0.15, 0.2) is 42.5 Å². The molecule has 0 amide bonds. The van der Waals surface area contributed by atoms with Gasteiger partial charge < -0.3 is 0 Å². The van der Waals surface area contributed by atoms with Gasteiger partial charge in [-0.15, -0.1) is 0 Å². The largest absolute Gasteiger partial charge is 0.299 e. The lowest BCUT2D eigenvalue weighted by atomic mass is 10.0. The van der Waals surface area contributed by atoms with Crippen molar-refractivity contribution in [2.24, 2.45) is 0 Å². The van der Waals surface area contributed by atoms with Crippen LogP contribution in [0, 0.1) is 18.6 Å². The van der Waals surface area contributed by atoms with E-state index in [0.717, 1.165) is 23.3 Å². The van der Waals surface area contributed by atoms with Crippen molar-refractivity contribution in [3.05, 3.63) is 70.8 Å². The number of carbonyl (C=O) groups excluding carboxylic acids is 1. The number of rotatable bonds is 4. The third kappa shape index (κ3) is 3.71. The first-order valence-electron chi connectivity index (χ1n) is 6.06. The Hall–Kier alpha value is -2.03. The number of carbonyl (C=O) groups is 1. The molecule has 0 aromatic heterocycles. The van der Waals surface area contributed by atoms with E-state index in [1.54, 1.807) is 0 Å². The number of Topliss-reactive ketones (excluding diaryl/α,β-unsaturated/α-hetero) is 1. The molecule has 0 saturated carbocycles. The summed E-state index contributed by atoms with van der Waals surface area (Å²) in [6.07, 6.45) is 0.421. The number of hydrogen-bond acceptors (Lipinski definition) is 1. The van der Waals surface area contributed by atoms with Crippen molar-refractivity contribution in [2.45, 2.75) is 19.8 Å². The Morgan fingerprint density at radius 1 is 0.895 bits per heavy atom. The molecule has 0 atom stereocenters. The van der Waals surface area contributed by atoms with Gasteiger partial charge >= 0.3 is 0 Å². The fraction of sp³-hybridized carbons (Fsp3) is 0.188. The van der Waals surface area contributed by atoms with Crippen LogP contribution in [-0.2, 0) is 17.6 Å². The molecule has 0 heterocycles. The number of benzene rings is 2. The summed E-state index contributed by atoms with van der Waals surface area (Å²) in [6, 6.07) is 11.2. The summed E-state index contributed by atoms with van der Waals surface area (Å²) in [5.74, 6) is -1.83. The number of hydrogen-bond donors (Lipinski definition) is 0. The average Bonchev–Trinajstić information content (AvgIpc) is 2.37. The van der Waals surface area contributed by atoms with E-state index in [1.807, 2.05) is 31.2 Å². The van der Waals surface area contributed by atoms with Gasteiger partial charge in [0.15, 0.2) is 11.6 Å². The molecule has 0 aliphatic rings. The lowest BCUT2D eigenvalue weighted by Crippen LogP contribution is -2.07. The summed E-state index contributed by atoms with van der Waals surface area (Å²) in [5.41, 5.74) is 2.56. The monoisotopic (exact) mass is 260 g/mol. The maximum absolute atomic E-state index is 13.0. The van der Waals surface area contributed by atoms with Crippen LogP contribution in [-0.4, -0.2) is 5.78 Å². The normalized spacial score (nSPS) is 10.5. The molecule has 19 heavy (non-hydrogen) atoms. The summed E-state index contributed by atoms with van der Waals surface area (Å²) in [4.78, 5) is 11.8. The highest BCUT2D eigenvalue weighted by Crippen LogP contribution is 2.11. The van der Waals surface area contributed by atoms with Crippen LogP contribution in [0.1, 0.15) is 16.7 Å². The Bertz CT molecular complexity index is 588. The van der Waals surface area contributed by atoms with Gasteiger partial charge in [0, 0.05) is 12.8 Å². The third-order valence-electron chi connectivity index (χ3n) is 2.91. The van der Waals surface area contributed by atoms with E-state index in [2.05, 4.69) is 0 Å². The molecule has 0 aliphatic heterocycles. The molecule has 0 fully saturated rings. The van der Waals surface area contributed by atoms with Crippen LogP contribution < -0.4 is 0 Å². The van der Waals surface area contributed by atoms with Gasteiger partial charge in [-0.1, -0.05) is 35.9 Å². The van der Waals surface area contributed by atoms with Gasteiger partial charge in [0.2, 0.25) is 0 Å². The maximum atomic E-state index is 13.0. The van der Waals surface area contributed by atoms with E-state index < -0.39 is 11.6 Å². The minimum absolute atomic E-state index is 0.0186. The average molecular weight is 260 g/mol. The summed E-state index contributed by atoms with van der Waals surface area (Å²) in [6.45, 7) is 1.98. The number of ketones is 1. The second-order valence-electron chi connectivity index (χ2n) is 4.63. The highest BCUT2D eigenvalue weighted by molar-refractivity contribution is 5.83. The Morgan fingerprint density at radius 3 is 2.11 bits per heavy atom. The second kappa shape index (κ2) is 5.74. The minimum Gasteiger partial charge on any atom is -0.299 e. The van der Waals surface area contributed by atoms with E-state index in [4.69, 9.17) is 0 Å². The van der Waals surface area contributed by atoms with Crippen LogP contribution in [0.4, 0.5) is 8.78 Å². The Balaban J connectivity index is 2.01. The molecule has 0 bridgehead atoms. The fourth-order valence-electron chi connectivity index (χ4n) is 1.87. The number of halogens is 2. The third-order valence-corrected chi connectivity index (χ3v) is 2.91. The molecule has 3 heteroatoms. The lowest BCUT2D eigenvalue weighted by molar-refractivity contribution is -0.117. The van der Waals surface area contributed by atoms with Gasteiger partial charge in [-0.2, -0.15) is 0 Å². The van der Waals surface area contributed by atoms with Crippen molar-refractivity contribution >= 4 is 5.78 Å². The summed E-state index contributed by atoms with van der Waals surface area (Å²) in [7, 11) is 0. The van der Waals surface area contributed by atoms with Gasteiger partial charge in [0.1, 0.15) is 5.78 Å². The predicted molar refractivity (Wildman–Crippen MR) is 70.0 cm³/mol. The molecule has 0 saturated heterocycles. The van der Waals surface area contributed by atoms with E-state index in [-0.39, 0.29) is 12.2 Å². The molecule has 98 valence electrons. The van der Waals surface area contributed by atoms with Crippen LogP contribution >= 0.6 is 0 Å². The van der Waals surface area contributed by atoms with Gasteiger partial charge in [-0.25, -0.2) is 8.78 Å². The molecule has 1 nitrogen and oxygen atoms in total. The van der Waals surface area contributed by atoms with Crippen molar-refractivity contribution in [3.63, 3.8) is 0 Å². The summed E-state index contributed by atoms with van der Waals surface area (Å²) >= 11 is 0. The molecular formula is C16H14F2O. The van der Waals surface area contributed by atoms with Crippen LogP contribution in [0.3, 0.4) is 0 Å². The van der Waals surface area contributed by atoms with Crippen molar-refractivity contribution in [2.75, 3.05) is 0 Å².